The fraction of sp³-hybridized carbons (Fsp3) is 0.143. The minimum atomic E-state index is -0.111. The zero-order valence-electron chi connectivity index (χ0n) is 11.1. The molecule has 1 amide bonds. The normalized spacial score (nSPS) is 10.5. The van der Waals surface area contributed by atoms with E-state index >= 15 is 0 Å². The first-order valence-electron chi connectivity index (χ1n) is 6.39. The standard InChI is InChI=1S/C14H13N5OS/c20-13(9-19-6-1-3-18-19)17-8-12-14(16-5-4-15-12)11-2-7-21-10-11/h1-7,10H,8-9H2,(H,17,20). The van der Waals surface area contributed by atoms with Gasteiger partial charge in [0.2, 0.25) is 5.91 Å². The first kappa shape index (κ1) is 13.4. The third kappa shape index (κ3) is 3.32. The van der Waals surface area contributed by atoms with Crippen LogP contribution in [0.3, 0.4) is 0 Å². The van der Waals surface area contributed by atoms with E-state index in [4.69, 9.17) is 0 Å². The second-order valence-corrected chi connectivity index (χ2v) is 5.12. The summed E-state index contributed by atoms with van der Waals surface area (Å²) in [6.45, 7) is 0.542. The lowest BCUT2D eigenvalue weighted by Crippen LogP contribution is -2.28. The van der Waals surface area contributed by atoms with Gasteiger partial charge in [0.05, 0.1) is 17.9 Å². The second-order valence-electron chi connectivity index (χ2n) is 4.34. The second kappa shape index (κ2) is 6.27. The van der Waals surface area contributed by atoms with Crippen molar-refractivity contribution in [2.45, 2.75) is 13.1 Å². The van der Waals surface area contributed by atoms with Crippen LogP contribution in [0.1, 0.15) is 5.69 Å². The Bertz CT molecular complexity index is 709. The van der Waals surface area contributed by atoms with Crippen molar-refractivity contribution in [3.05, 3.63) is 53.4 Å². The van der Waals surface area contributed by atoms with E-state index < -0.39 is 0 Å². The minimum Gasteiger partial charge on any atom is -0.349 e. The van der Waals surface area contributed by atoms with Gasteiger partial charge in [-0.1, -0.05) is 0 Å². The van der Waals surface area contributed by atoms with Crippen LogP contribution in [0.5, 0.6) is 0 Å². The van der Waals surface area contributed by atoms with Crippen molar-refractivity contribution in [1.82, 2.24) is 25.1 Å². The number of carbonyl (C=O) groups is 1. The number of hydrogen-bond donors (Lipinski definition) is 1. The van der Waals surface area contributed by atoms with Crippen molar-refractivity contribution in [3.63, 3.8) is 0 Å². The molecule has 3 aromatic heterocycles. The molecule has 0 aliphatic rings. The number of amides is 1. The van der Waals surface area contributed by atoms with Crippen molar-refractivity contribution in [1.29, 1.82) is 0 Å². The van der Waals surface area contributed by atoms with Gasteiger partial charge in [0.1, 0.15) is 6.54 Å². The van der Waals surface area contributed by atoms with Gasteiger partial charge in [0.25, 0.3) is 0 Å². The molecular weight excluding hydrogens is 286 g/mol. The van der Waals surface area contributed by atoms with Crippen molar-refractivity contribution in [2.24, 2.45) is 0 Å². The Kier molecular flexibility index (Phi) is 4.02. The van der Waals surface area contributed by atoms with E-state index in [1.807, 2.05) is 16.8 Å². The lowest BCUT2D eigenvalue weighted by atomic mass is 10.2. The molecule has 21 heavy (non-hydrogen) atoms. The van der Waals surface area contributed by atoms with Crippen LogP contribution < -0.4 is 5.32 Å². The summed E-state index contributed by atoms with van der Waals surface area (Å²) >= 11 is 1.60. The molecule has 0 bridgehead atoms. The van der Waals surface area contributed by atoms with Gasteiger partial charge >= 0.3 is 0 Å². The molecule has 0 fully saturated rings. The number of thiophene rings is 1. The Labute approximate surface area is 125 Å². The third-order valence-corrected chi connectivity index (χ3v) is 3.57. The van der Waals surface area contributed by atoms with Crippen molar-refractivity contribution < 1.29 is 4.79 Å². The maximum atomic E-state index is 11.9. The zero-order valence-corrected chi connectivity index (χ0v) is 12.0. The summed E-state index contributed by atoms with van der Waals surface area (Å²) in [5.74, 6) is -0.111. The summed E-state index contributed by atoms with van der Waals surface area (Å²) in [5, 5.41) is 10.8. The quantitative estimate of drug-likeness (QED) is 0.778. The van der Waals surface area contributed by atoms with Crippen LogP contribution in [0.2, 0.25) is 0 Å². The van der Waals surface area contributed by atoms with Gasteiger partial charge in [-0.25, -0.2) is 0 Å². The number of rotatable bonds is 5. The lowest BCUT2D eigenvalue weighted by Gasteiger charge is -2.08. The summed E-state index contributed by atoms with van der Waals surface area (Å²) in [4.78, 5) is 20.5. The first-order valence-corrected chi connectivity index (χ1v) is 7.34. The molecule has 3 rings (SSSR count). The van der Waals surface area contributed by atoms with Crippen LogP contribution in [0.15, 0.2) is 47.7 Å². The van der Waals surface area contributed by atoms with Gasteiger partial charge in [-0.2, -0.15) is 16.4 Å². The van der Waals surface area contributed by atoms with Crippen molar-refractivity contribution in [3.8, 4) is 11.3 Å². The van der Waals surface area contributed by atoms with Gasteiger partial charge in [-0.15, -0.1) is 0 Å². The molecule has 0 saturated heterocycles. The molecule has 0 aliphatic carbocycles. The molecule has 0 aromatic carbocycles. The SMILES string of the molecule is O=C(Cn1cccn1)NCc1nccnc1-c1ccsc1. The Hall–Kier alpha value is -2.54. The van der Waals surface area contributed by atoms with E-state index in [0.717, 1.165) is 17.0 Å². The molecule has 0 aliphatic heterocycles. The van der Waals surface area contributed by atoms with Crippen LogP contribution >= 0.6 is 11.3 Å². The summed E-state index contributed by atoms with van der Waals surface area (Å²) in [6, 6.07) is 3.77. The smallest absolute Gasteiger partial charge is 0.242 e. The average molecular weight is 299 g/mol. The first-order chi connectivity index (χ1) is 10.3. The van der Waals surface area contributed by atoms with Gasteiger partial charge < -0.3 is 5.32 Å². The van der Waals surface area contributed by atoms with Crippen molar-refractivity contribution >= 4 is 17.2 Å². The third-order valence-electron chi connectivity index (χ3n) is 2.89. The van der Waals surface area contributed by atoms with E-state index in [1.54, 1.807) is 46.9 Å². The number of hydrogen-bond acceptors (Lipinski definition) is 5. The zero-order chi connectivity index (χ0) is 14.5. The lowest BCUT2D eigenvalue weighted by molar-refractivity contribution is -0.122. The Morgan fingerprint density at radius 3 is 2.95 bits per heavy atom. The molecule has 6 nitrogen and oxygen atoms in total. The summed E-state index contributed by atoms with van der Waals surface area (Å²) in [7, 11) is 0. The van der Waals surface area contributed by atoms with E-state index in [1.165, 1.54) is 0 Å². The molecular formula is C14H13N5OS. The maximum absolute atomic E-state index is 11.9. The molecule has 0 atom stereocenters. The number of carbonyl (C=O) groups excluding carboxylic acids is 1. The Morgan fingerprint density at radius 2 is 2.19 bits per heavy atom. The van der Waals surface area contributed by atoms with Crippen LogP contribution in [0.4, 0.5) is 0 Å². The van der Waals surface area contributed by atoms with Crippen LogP contribution in [0.25, 0.3) is 11.3 Å². The van der Waals surface area contributed by atoms with Gasteiger partial charge in [-0.3, -0.25) is 19.4 Å². The predicted octanol–water partition coefficient (Wildman–Crippen LogP) is 1.72. The van der Waals surface area contributed by atoms with Crippen molar-refractivity contribution in [2.75, 3.05) is 0 Å². The highest BCUT2D eigenvalue weighted by Gasteiger charge is 2.10. The van der Waals surface area contributed by atoms with Gasteiger partial charge in [0, 0.05) is 35.7 Å². The maximum Gasteiger partial charge on any atom is 0.242 e. The van der Waals surface area contributed by atoms with Gasteiger partial charge in [0.15, 0.2) is 0 Å². The molecule has 0 spiro atoms. The average Bonchev–Trinajstić information content (AvgIpc) is 3.18. The summed E-state index contributed by atoms with van der Waals surface area (Å²) in [5.41, 5.74) is 2.58. The summed E-state index contributed by atoms with van der Waals surface area (Å²) < 4.78 is 1.58. The van der Waals surface area contributed by atoms with E-state index in [0.29, 0.717) is 6.54 Å². The Morgan fingerprint density at radius 1 is 1.29 bits per heavy atom. The fourth-order valence-electron chi connectivity index (χ4n) is 1.92. The number of aromatic nitrogens is 4. The predicted molar refractivity (Wildman–Crippen MR) is 79.4 cm³/mol. The van der Waals surface area contributed by atoms with Crippen LogP contribution in [-0.4, -0.2) is 25.7 Å². The topological polar surface area (TPSA) is 72.7 Å². The fourth-order valence-corrected chi connectivity index (χ4v) is 2.56. The minimum absolute atomic E-state index is 0.111. The van der Waals surface area contributed by atoms with E-state index in [-0.39, 0.29) is 12.5 Å². The number of nitrogens with zero attached hydrogens (tertiary/aromatic N) is 4. The molecule has 3 aromatic rings. The molecule has 1 N–H and O–H groups in total. The molecule has 0 radical (unpaired) electrons. The highest BCUT2D eigenvalue weighted by Crippen LogP contribution is 2.21. The molecule has 7 heteroatoms. The molecule has 0 saturated carbocycles. The Balaban J connectivity index is 1.67. The van der Waals surface area contributed by atoms with Gasteiger partial charge in [-0.05, 0) is 17.5 Å². The molecule has 0 unspecified atom stereocenters. The largest absolute Gasteiger partial charge is 0.349 e. The van der Waals surface area contributed by atoms with Crippen LogP contribution in [0, 0.1) is 0 Å². The van der Waals surface area contributed by atoms with E-state index in [2.05, 4.69) is 20.4 Å². The monoisotopic (exact) mass is 299 g/mol. The highest BCUT2D eigenvalue weighted by atomic mass is 32.1. The highest BCUT2D eigenvalue weighted by molar-refractivity contribution is 7.08. The molecule has 3 heterocycles. The van der Waals surface area contributed by atoms with E-state index in [9.17, 15) is 4.79 Å². The summed E-state index contributed by atoms with van der Waals surface area (Å²) in [6.07, 6.45) is 6.68. The number of nitrogens with one attached hydrogen (secondary N) is 1. The van der Waals surface area contributed by atoms with Crippen LogP contribution in [-0.2, 0) is 17.9 Å². The molecule has 106 valence electrons.